The lowest BCUT2D eigenvalue weighted by molar-refractivity contribution is -0.171. The van der Waals surface area contributed by atoms with Crippen LogP contribution in [-0.2, 0) is 0 Å². The first kappa shape index (κ1) is 15.4. The molecular weight excluding hydrogens is 279 g/mol. The van der Waals surface area contributed by atoms with Gasteiger partial charge in [0.15, 0.2) is 0 Å². The molecule has 0 aromatic heterocycles. The van der Waals surface area contributed by atoms with E-state index in [9.17, 15) is 15.2 Å². The van der Waals surface area contributed by atoms with Crippen molar-refractivity contribution in [3.63, 3.8) is 0 Å². The topological polar surface area (TPSA) is 90.0 Å². The zero-order valence-corrected chi connectivity index (χ0v) is 13.3. The average molecular weight is 308 g/mol. The molecular formula is C16H29BN2O3. The van der Waals surface area contributed by atoms with Gasteiger partial charge in [0.2, 0.25) is 0 Å². The van der Waals surface area contributed by atoms with Crippen molar-refractivity contribution in [3.05, 3.63) is 0 Å². The molecule has 0 radical (unpaired) electrons. The summed E-state index contributed by atoms with van der Waals surface area (Å²) in [6.07, 6.45) is 8.25. The molecule has 0 aromatic rings. The van der Waals surface area contributed by atoms with Crippen LogP contribution in [0.4, 0.5) is 0 Å². The van der Waals surface area contributed by atoms with E-state index < -0.39 is 12.7 Å². The molecule has 3 unspecified atom stereocenters. The average Bonchev–Trinajstić information content (AvgIpc) is 2.84. The summed E-state index contributed by atoms with van der Waals surface area (Å²) in [6.45, 7) is 1.64. The monoisotopic (exact) mass is 308 g/mol. The van der Waals surface area contributed by atoms with Crippen LogP contribution in [0.5, 0.6) is 0 Å². The van der Waals surface area contributed by atoms with Crippen LogP contribution in [0.1, 0.15) is 51.4 Å². The second-order valence-corrected chi connectivity index (χ2v) is 8.77. The Kier molecular flexibility index (Phi) is 3.63. The highest BCUT2D eigenvalue weighted by molar-refractivity contribution is 6.43. The van der Waals surface area contributed by atoms with Gasteiger partial charge in [0, 0.05) is 18.5 Å². The van der Waals surface area contributed by atoms with E-state index in [1.54, 1.807) is 0 Å². The molecule has 1 heterocycles. The minimum Gasteiger partial charge on any atom is -0.426 e. The van der Waals surface area contributed by atoms with E-state index in [1.807, 2.05) is 0 Å². The molecule has 4 bridgehead atoms. The van der Waals surface area contributed by atoms with Gasteiger partial charge in [-0.25, -0.2) is 0 Å². The summed E-state index contributed by atoms with van der Waals surface area (Å²) in [5, 5.41) is 30.0. The van der Waals surface area contributed by atoms with E-state index in [0.29, 0.717) is 11.8 Å². The van der Waals surface area contributed by atoms with Crippen molar-refractivity contribution >= 4 is 7.12 Å². The van der Waals surface area contributed by atoms with E-state index >= 15 is 0 Å². The highest BCUT2D eigenvalue weighted by Crippen LogP contribution is 2.62. The maximum absolute atomic E-state index is 10.9. The molecule has 5 nitrogen and oxygen atoms in total. The Balaban J connectivity index is 1.49. The molecule has 4 atom stereocenters. The van der Waals surface area contributed by atoms with Gasteiger partial charge in [0.05, 0.1) is 5.60 Å². The lowest BCUT2D eigenvalue weighted by Crippen LogP contribution is -2.63. The van der Waals surface area contributed by atoms with Crippen LogP contribution in [0.2, 0.25) is 0 Å². The van der Waals surface area contributed by atoms with E-state index in [1.165, 1.54) is 6.42 Å². The second-order valence-electron chi connectivity index (χ2n) is 8.77. The summed E-state index contributed by atoms with van der Waals surface area (Å²) < 4.78 is 0. The van der Waals surface area contributed by atoms with Gasteiger partial charge in [0.25, 0.3) is 0 Å². The maximum Gasteiger partial charge on any atom is 0.469 e. The summed E-state index contributed by atoms with van der Waals surface area (Å²) >= 11 is 0. The molecule has 1 aliphatic heterocycles. The molecule has 5 rings (SSSR count). The van der Waals surface area contributed by atoms with Gasteiger partial charge >= 0.3 is 7.12 Å². The predicted molar refractivity (Wildman–Crippen MR) is 84.8 cm³/mol. The molecule has 5 N–H and O–H groups in total. The minimum atomic E-state index is -1.27. The van der Waals surface area contributed by atoms with Gasteiger partial charge in [-0.2, -0.15) is 0 Å². The van der Waals surface area contributed by atoms with Crippen molar-refractivity contribution in [1.29, 1.82) is 0 Å². The fourth-order valence-electron chi connectivity index (χ4n) is 6.58. The first-order chi connectivity index (χ1) is 10.4. The van der Waals surface area contributed by atoms with Crippen molar-refractivity contribution in [3.8, 4) is 0 Å². The van der Waals surface area contributed by atoms with Crippen molar-refractivity contribution in [2.24, 2.45) is 23.0 Å². The Bertz CT molecular complexity index is 433. The zero-order chi connectivity index (χ0) is 15.5. The highest BCUT2D eigenvalue weighted by atomic mass is 16.4. The van der Waals surface area contributed by atoms with Gasteiger partial charge in [-0.3, -0.25) is 0 Å². The van der Waals surface area contributed by atoms with Crippen molar-refractivity contribution in [2.45, 2.75) is 69.0 Å². The predicted octanol–water partition coefficient (Wildman–Crippen LogP) is 0.121. The quantitative estimate of drug-likeness (QED) is 0.554. The van der Waals surface area contributed by atoms with Gasteiger partial charge in [0.1, 0.15) is 0 Å². The van der Waals surface area contributed by atoms with E-state index in [4.69, 9.17) is 5.73 Å². The molecule has 0 aromatic carbocycles. The summed E-state index contributed by atoms with van der Waals surface area (Å²) in [6, 6.07) is 0.0317. The van der Waals surface area contributed by atoms with Crippen LogP contribution in [0.15, 0.2) is 0 Å². The minimum absolute atomic E-state index is 0.0317. The highest BCUT2D eigenvalue weighted by Gasteiger charge is 2.59. The summed E-state index contributed by atoms with van der Waals surface area (Å²) in [5.41, 5.74) is 6.26. The molecule has 0 spiro atoms. The lowest BCUT2D eigenvalue weighted by Gasteiger charge is -2.62. The number of nitrogens with two attached hydrogens (primary N) is 1. The molecule has 4 saturated carbocycles. The van der Waals surface area contributed by atoms with Crippen LogP contribution >= 0.6 is 0 Å². The fourth-order valence-corrected chi connectivity index (χ4v) is 6.58. The fraction of sp³-hybridized carbons (Fsp3) is 1.00. The van der Waals surface area contributed by atoms with Crippen molar-refractivity contribution < 1.29 is 15.2 Å². The molecule has 124 valence electrons. The van der Waals surface area contributed by atoms with Crippen LogP contribution in [0, 0.1) is 17.3 Å². The van der Waals surface area contributed by atoms with Gasteiger partial charge in [-0.05, 0) is 75.2 Å². The third-order valence-electron chi connectivity index (χ3n) is 7.05. The first-order valence-electron chi connectivity index (χ1n) is 8.97. The third kappa shape index (κ3) is 2.44. The largest absolute Gasteiger partial charge is 0.469 e. The molecule has 5 aliphatic rings. The van der Waals surface area contributed by atoms with Gasteiger partial charge < -0.3 is 25.8 Å². The van der Waals surface area contributed by atoms with Crippen molar-refractivity contribution in [2.75, 3.05) is 13.1 Å². The Morgan fingerprint density at radius 2 is 1.86 bits per heavy atom. The third-order valence-corrected chi connectivity index (χ3v) is 7.05. The van der Waals surface area contributed by atoms with E-state index in [2.05, 4.69) is 4.90 Å². The molecule has 4 aliphatic carbocycles. The van der Waals surface area contributed by atoms with Crippen LogP contribution in [0.3, 0.4) is 0 Å². The molecule has 22 heavy (non-hydrogen) atoms. The summed E-state index contributed by atoms with van der Waals surface area (Å²) in [4.78, 5) is 2.16. The summed E-state index contributed by atoms with van der Waals surface area (Å²) in [7, 11) is -1.27. The lowest BCUT2D eigenvalue weighted by atomic mass is 9.46. The number of nitrogens with zero attached hydrogens (tertiary/aromatic N) is 1. The number of aliphatic hydroxyl groups is 1. The van der Waals surface area contributed by atoms with Crippen LogP contribution < -0.4 is 5.73 Å². The zero-order valence-electron chi connectivity index (χ0n) is 13.3. The molecule has 5 fully saturated rings. The van der Waals surface area contributed by atoms with E-state index in [0.717, 1.165) is 58.0 Å². The Labute approximate surface area is 133 Å². The number of rotatable bonds is 4. The number of likely N-dealkylation sites (tertiary alicyclic amines) is 1. The van der Waals surface area contributed by atoms with E-state index in [-0.39, 0.29) is 17.4 Å². The normalized spacial score (nSPS) is 48.8. The Hall–Kier alpha value is -0.135. The molecule has 0 amide bonds. The molecule has 6 heteroatoms. The molecule has 1 saturated heterocycles. The smallest absolute Gasteiger partial charge is 0.426 e. The number of hydrogen-bond acceptors (Lipinski definition) is 5. The first-order valence-corrected chi connectivity index (χ1v) is 8.97. The standard InChI is InChI=1S/C16H29BN2O3/c18-13(9-19-3-1-2-14(19)17(21)22)15-5-11-4-12(6-15)8-16(20,7-11)10-15/h11-14,20-22H,1-10,18H2/t11?,12?,13?,14-,15?,16?/m0/s1. The Morgan fingerprint density at radius 1 is 1.18 bits per heavy atom. The number of hydrogen-bond donors (Lipinski definition) is 4. The SMILES string of the molecule is NC(CN1CCC[C@H]1B(O)O)C12CC3CC(CC(O)(C3)C1)C2. The Morgan fingerprint density at radius 3 is 2.45 bits per heavy atom. The van der Waals surface area contributed by atoms with Crippen LogP contribution in [-0.4, -0.2) is 57.8 Å². The second kappa shape index (κ2) is 5.18. The van der Waals surface area contributed by atoms with Gasteiger partial charge in [-0.15, -0.1) is 0 Å². The summed E-state index contributed by atoms with van der Waals surface area (Å²) in [5.74, 6) is 1.13. The maximum atomic E-state index is 10.9. The van der Waals surface area contributed by atoms with Crippen molar-refractivity contribution in [1.82, 2.24) is 4.90 Å². The van der Waals surface area contributed by atoms with Crippen LogP contribution in [0.25, 0.3) is 0 Å². The van der Waals surface area contributed by atoms with Gasteiger partial charge in [-0.1, -0.05) is 0 Å².